The largest absolute Gasteiger partial charge is 0.342 e. The lowest BCUT2D eigenvalue weighted by molar-refractivity contribution is -0.133. The second kappa shape index (κ2) is 3.60. The number of halogens is 1. The molecule has 0 bridgehead atoms. The van der Waals surface area contributed by atoms with Gasteiger partial charge >= 0.3 is 0 Å². The molecule has 74 valence electrons. The predicted octanol–water partition coefficient (Wildman–Crippen LogP) is 2.03. The first-order valence-corrected chi connectivity index (χ1v) is 6.03. The molecular weight excluding hydrogens is 230 g/mol. The van der Waals surface area contributed by atoms with Crippen molar-refractivity contribution < 1.29 is 4.79 Å². The molecule has 1 aliphatic carbocycles. The maximum atomic E-state index is 11.8. The minimum Gasteiger partial charge on any atom is -0.342 e. The lowest BCUT2D eigenvalue weighted by Crippen LogP contribution is -2.39. The molecule has 2 aliphatic rings. The van der Waals surface area contributed by atoms with E-state index in [1.54, 1.807) is 0 Å². The maximum absolute atomic E-state index is 11.8. The highest BCUT2D eigenvalue weighted by Gasteiger charge is 2.41. The van der Waals surface area contributed by atoms with Gasteiger partial charge in [0.15, 0.2) is 0 Å². The number of nitrogens with zero attached hydrogens (tertiary/aromatic N) is 1. The van der Waals surface area contributed by atoms with Gasteiger partial charge in [-0.2, -0.15) is 0 Å². The van der Waals surface area contributed by atoms with E-state index in [0.717, 1.165) is 32.4 Å². The Kier molecular flexibility index (Phi) is 2.63. The second-order valence-corrected chi connectivity index (χ2v) is 5.61. The Balaban J connectivity index is 1.84. The topological polar surface area (TPSA) is 20.3 Å². The SMILES string of the molecule is CC1CC1C(=O)N1CCC(Br)CC1. The molecule has 0 aromatic rings. The van der Waals surface area contributed by atoms with E-state index < -0.39 is 0 Å². The highest BCUT2D eigenvalue weighted by molar-refractivity contribution is 9.09. The van der Waals surface area contributed by atoms with Crippen LogP contribution in [0.5, 0.6) is 0 Å². The number of carbonyl (C=O) groups excluding carboxylic acids is 1. The first-order valence-electron chi connectivity index (χ1n) is 5.11. The Morgan fingerprint density at radius 1 is 1.38 bits per heavy atom. The van der Waals surface area contributed by atoms with Crippen LogP contribution in [0.15, 0.2) is 0 Å². The molecule has 2 nitrogen and oxygen atoms in total. The summed E-state index contributed by atoms with van der Waals surface area (Å²) in [5.41, 5.74) is 0. The number of alkyl halides is 1. The van der Waals surface area contributed by atoms with Crippen LogP contribution in [0.3, 0.4) is 0 Å². The molecule has 0 N–H and O–H groups in total. The van der Waals surface area contributed by atoms with Gasteiger partial charge in [0.1, 0.15) is 0 Å². The summed E-state index contributed by atoms with van der Waals surface area (Å²) >= 11 is 3.59. The minimum absolute atomic E-state index is 0.367. The fourth-order valence-electron chi connectivity index (χ4n) is 1.97. The standard InChI is InChI=1S/C10H16BrNO/c1-7-6-9(7)10(13)12-4-2-8(11)3-5-12/h7-9H,2-6H2,1H3. The minimum atomic E-state index is 0.367. The number of rotatable bonds is 1. The zero-order valence-corrected chi connectivity index (χ0v) is 9.59. The van der Waals surface area contributed by atoms with Crippen molar-refractivity contribution in [1.29, 1.82) is 0 Å². The fraction of sp³-hybridized carbons (Fsp3) is 0.900. The van der Waals surface area contributed by atoms with Crippen LogP contribution in [-0.2, 0) is 4.79 Å². The van der Waals surface area contributed by atoms with Crippen LogP contribution in [0.4, 0.5) is 0 Å². The van der Waals surface area contributed by atoms with Crippen molar-refractivity contribution in [2.24, 2.45) is 11.8 Å². The molecule has 3 heteroatoms. The number of hydrogen-bond donors (Lipinski definition) is 0. The van der Waals surface area contributed by atoms with Crippen LogP contribution in [-0.4, -0.2) is 28.7 Å². The summed E-state index contributed by atoms with van der Waals surface area (Å²) in [4.78, 5) is 14.5. The third-order valence-corrected chi connectivity index (χ3v) is 4.08. The van der Waals surface area contributed by atoms with Crippen LogP contribution >= 0.6 is 15.9 Å². The van der Waals surface area contributed by atoms with Gasteiger partial charge in [0, 0.05) is 23.8 Å². The molecule has 2 rings (SSSR count). The summed E-state index contributed by atoms with van der Waals surface area (Å²) in [5, 5.41) is 0. The van der Waals surface area contributed by atoms with E-state index in [0.29, 0.717) is 22.6 Å². The van der Waals surface area contributed by atoms with E-state index in [4.69, 9.17) is 0 Å². The number of likely N-dealkylation sites (tertiary alicyclic amines) is 1. The van der Waals surface area contributed by atoms with Gasteiger partial charge in [-0.3, -0.25) is 4.79 Å². The molecule has 1 aliphatic heterocycles. The molecule has 0 aromatic carbocycles. The number of hydrogen-bond acceptors (Lipinski definition) is 1. The highest BCUT2D eigenvalue weighted by Crippen LogP contribution is 2.39. The Bertz CT molecular complexity index is 211. The molecule has 13 heavy (non-hydrogen) atoms. The van der Waals surface area contributed by atoms with E-state index in [2.05, 4.69) is 22.9 Å². The van der Waals surface area contributed by atoms with Crippen LogP contribution in [0.2, 0.25) is 0 Å². The van der Waals surface area contributed by atoms with E-state index in [1.165, 1.54) is 0 Å². The van der Waals surface area contributed by atoms with E-state index in [-0.39, 0.29) is 0 Å². The summed E-state index contributed by atoms with van der Waals surface area (Å²) < 4.78 is 0. The second-order valence-electron chi connectivity index (χ2n) is 4.32. The molecule has 1 saturated heterocycles. The van der Waals surface area contributed by atoms with Crippen molar-refractivity contribution in [3.63, 3.8) is 0 Å². The Hall–Kier alpha value is -0.0500. The van der Waals surface area contributed by atoms with Gasteiger partial charge in [-0.05, 0) is 25.2 Å². The van der Waals surface area contributed by atoms with Gasteiger partial charge in [-0.25, -0.2) is 0 Å². The number of carbonyl (C=O) groups is 1. The summed E-state index contributed by atoms with van der Waals surface area (Å²) in [7, 11) is 0. The summed E-state index contributed by atoms with van der Waals surface area (Å²) in [6, 6.07) is 0. The molecule has 1 amide bonds. The third-order valence-electron chi connectivity index (χ3n) is 3.16. The van der Waals surface area contributed by atoms with E-state index in [9.17, 15) is 4.79 Å². The Labute approximate surface area is 87.8 Å². The quantitative estimate of drug-likeness (QED) is 0.648. The van der Waals surface area contributed by atoms with Crippen molar-refractivity contribution in [3.05, 3.63) is 0 Å². The average molecular weight is 246 g/mol. The molecule has 2 fully saturated rings. The smallest absolute Gasteiger partial charge is 0.225 e. The molecule has 1 saturated carbocycles. The maximum Gasteiger partial charge on any atom is 0.225 e. The van der Waals surface area contributed by atoms with Crippen LogP contribution in [0.25, 0.3) is 0 Å². The monoisotopic (exact) mass is 245 g/mol. The third kappa shape index (κ3) is 2.06. The first-order chi connectivity index (χ1) is 6.18. The van der Waals surface area contributed by atoms with Gasteiger partial charge in [0.25, 0.3) is 0 Å². The van der Waals surface area contributed by atoms with Crippen LogP contribution < -0.4 is 0 Å². The van der Waals surface area contributed by atoms with E-state index >= 15 is 0 Å². The molecular formula is C10H16BrNO. The first kappa shape index (κ1) is 9.50. The highest BCUT2D eigenvalue weighted by atomic mass is 79.9. The van der Waals surface area contributed by atoms with Crippen molar-refractivity contribution in [1.82, 2.24) is 4.90 Å². The van der Waals surface area contributed by atoms with Gasteiger partial charge in [0.2, 0.25) is 5.91 Å². The normalized spacial score (nSPS) is 34.8. The lowest BCUT2D eigenvalue weighted by Gasteiger charge is -2.29. The number of amides is 1. The fourth-order valence-corrected chi connectivity index (χ4v) is 2.38. The van der Waals surface area contributed by atoms with Crippen molar-refractivity contribution in [2.45, 2.75) is 31.0 Å². The number of piperidine rings is 1. The molecule has 0 radical (unpaired) electrons. The zero-order chi connectivity index (χ0) is 9.42. The van der Waals surface area contributed by atoms with Crippen molar-refractivity contribution in [3.8, 4) is 0 Å². The summed E-state index contributed by atoms with van der Waals surface area (Å²) in [6.07, 6.45) is 3.35. The lowest BCUT2D eigenvalue weighted by atomic mass is 10.1. The van der Waals surface area contributed by atoms with E-state index in [1.807, 2.05) is 4.90 Å². The van der Waals surface area contributed by atoms with Gasteiger partial charge in [0.05, 0.1) is 0 Å². The summed E-state index contributed by atoms with van der Waals surface area (Å²) in [5.74, 6) is 1.42. The Morgan fingerprint density at radius 2 is 1.92 bits per heavy atom. The van der Waals surface area contributed by atoms with Crippen molar-refractivity contribution >= 4 is 21.8 Å². The van der Waals surface area contributed by atoms with Crippen LogP contribution in [0, 0.1) is 11.8 Å². The van der Waals surface area contributed by atoms with Gasteiger partial charge in [-0.15, -0.1) is 0 Å². The van der Waals surface area contributed by atoms with Crippen molar-refractivity contribution in [2.75, 3.05) is 13.1 Å². The van der Waals surface area contributed by atoms with Gasteiger partial charge < -0.3 is 4.90 Å². The molecule has 0 spiro atoms. The van der Waals surface area contributed by atoms with Crippen LogP contribution in [0.1, 0.15) is 26.2 Å². The summed E-state index contributed by atoms with van der Waals surface area (Å²) in [6.45, 7) is 4.08. The zero-order valence-electron chi connectivity index (χ0n) is 8.00. The molecule has 1 heterocycles. The predicted molar refractivity (Wildman–Crippen MR) is 55.8 cm³/mol. The Morgan fingerprint density at radius 3 is 2.38 bits per heavy atom. The molecule has 2 unspecified atom stereocenters. The molecule has 0 aromatic heterocycles. The molecule has 2 atom stereocenters. The average Bonchev–Trinajstić information content (AvgIpc) is 2.83. The van der Waals surface area contributed by atoms with Gasteiger partial charge in [-0.1, -0.05) is 22.9 Å².